The highest BCUT2D eigenvalue weighted by Crippen LogP contribution is 2.22. The van der Waals surface area contributed by atoms with Crippen molar-refractivity contribution in [2.24, 2.45) is 0 Å². The Bertz CT molecular complexity index is 380. The third-order valence-electron chi connectivity index (χ3n) is 1.65. The zero-order valence-electron chi connectivity index (χ0n) is 8.38. The van der Waals surface area contributed by atoms with Crippen LogP contribution in [0.5, 0.6) is 5.75 Å². The molecule has 88 valence electrons. The summed E-state index contributed by atoms with van der Waals surface area (Å²) in [5.41, 5.74) is -0.359. The highest BCUT2D eigenvalue weighted by molar-refractivity contribution is 5.92. The van der Waals surface area contributed by atoms with Gasteiger partial charge >= 0.3 is 12.6 Å². The van der Waals surface area contributed by atoms with E-state index in [1.807, 2.05) is 0 Å². The number of esters is 1. The maximum Gasteiger partial charge on any atom is 0.387 e. The second-order valence-corrected chi connectivity index (χ2v) is 2.74. The summed E-state index contributed by atoms with van der Waals surface area (Å²) in [6.07, 6.45) is 0. The zero-order valence-corrected chi connectivity index (χ0v) is 8.38. The number of ether oxygens (including phenoxy) is 2. The number of hydrogen-bond acceptors (Lipinski definition) is 3. The lowest BCUT2D eigenvalue weighted by Gasteiger charge is -2.09. The van der Waals surface area contributed by atoms with Crippen LogP contribution in [0.3, 0.4) is 0 Å². The Labute approximate surface area is 89.8 Å². The highest BCUT2D eigenvalue weighted by atomic mass is 19.3. The molecule has 0 spiro atoms. The molecular weight excluding hydrogens is 225 g/mol. The minimum absolute atomic E-state index is 0.0590. The van der Waals surface area contributed by atoms with Crippen LogP contribution in [0.15, 0.2) is 18.2 Å². The average Bonchev–Trinajstić information content (AvgIpc) is 2.20. The molecule has 0 saturated heterocycles. The first-order valence-corrected chi connectivity index (χ1v) is 4.46. The van der Waals surface area contributed by atoms with Crippen LogP contribution < -0.4 is 4.74 Å². The number of alkyl halides is 2. The van der Waals surface area contributed by atoms with Gasteiger partial charge in [-0.15, -0.1) is 0 Å². The molecule has 0 aliphatic heterocycles. The Kier molecular flexibility index (Phi) is 4.16. The molecule has 1 aromatic rings. The van der Waals surface area contributed by atoms with E-state index in [-0.39, 0.29) is 12.2 Å². The zero-order chi connectivity index (χ0) is 12.1. The van der Waals surface area contributed by atoms with Crippen molar-refractivity contribution >= 4 is 5.97 Å². The first-order valence-electron chi connectivity index (χ1n) is 4.46. The van der Waals surface area contributed by atoms with Gasteiger partial charge in [0.15, 0.2) is 0 Å². The maximum absolute atomic E-state index is 12.8. The number of hydrogen-bond donors (Lipinski definition) is 0. The molecule has 0 aliphatic carbocycles. The number of rotatable bonds is 4. The highest BCUT2D eigenvalue weighted by Gasteiger charge is 2.17. The molecule has 0 aliphatic rings. The van der Waals surface area contributed by atoms with Crippen LogP contribution in [0.1, 0.15) is 17.3 Å². The predicted octanol–water partition coefficient (Wildman–Crippen LogP) is 2.60. The fraction of sp³-hybridized carbons (Fsp3) is 0.300. The Hall–Kier alpha value is -1.72. The van der Waals surface area contributed by atoms with Gasteiger partial charge in [0.25, 0.3) is 0 Å². The van der Waals surface area contributed by atoms with E-state index < -0.39 is 24.1 Å². The summed E-state index contributed by atoms with van der Waals surface area (Å²) < 4.78 is 45.4. The van der Waals surface area contributed by atoms with Gasteiger partial charge in [-0.05, 0) is 25.1 Å². The van der Waals surface area contributed by atoms with Gasteiger partial charge in [-0.3, -0.25) is 0 Å². The molecular formula is C10H9F3O3. The minimum atomic E-state index is -3.08. The van der Waals surface area contributed by atoms with Gasteiger partial charge in [-0.25, -0.2) is 9.18 Å². The topological polar surface area (TPSA) is 35.5 Å². The Morgan fingerprint density at radius 3 is 2.69 bits per heavy atom. The van der Waals surface area contributed by atoms with Gasteiger partial charge in [0.2, 0.25) is 0 Å². The van der Waals surface area contributed by atoms with E-state index in [0.29, 0.717) is 0 Å². The van der Waals surface area contributed by atoms with Gasteiger partial charge in [0.1, 0.15) is 17.1 Å². The summed E-state index contributed by atoms with van der Waals surface area (Å²) in [6.45, 7) is -1.48. The van der Waals surface area contributed by atoms with Crippen molar-refractivity contribution in [1.29, 1.82) is 0 Å². The summed E-state index contributed by atoms with van der Waals surface area (Å²) >= 11 is 0. The Balaban J connectivity index is 3.02. The molecule has 0 atom stereocenters. The summed E-state index contributed by atoms with van der Waals surface area (Å²) in [7, 11) is 0. The van der Waals surface area contributed by atoms with E-state index >= 15 is 0 Å². The van der Waals surface area contributed by atoms with Gasteiger partial charge < -0.3 is 9.47 Å². The maximum atomic E-state index is 12.8. The molecule has 3 nitrogen and oxygen atoms in total. The first-order chi connectivity index (χ1) is 7.54. The molecule has 0 unspecified atom stereocenters. The van der Waals surface area contributed by atoms with Crippen molar-refractivity contribution in [2.75, 3.05) is 6.61 Å². The van der Waals surface area contributed by atoms with E-state index in [0.717, 1.165) is 18.2 Å². The van der Waals surface area contributed by atoms with Gasteiger partial charge in [-0.1, -0.05) is 0 Å². The van der Waals surface area contributed by atoms with E-state index in [9.17, 15) is 18.0 Å². The number of benzene rings is 1. The first kappa shape index (κ1) is 12.4. The minimum Gasteiger partial charge on any atom is -0.462 e. The smallest absolute Gasteiger partial charge is 0.387 e. The summed E-state index contributed by atoms with van der Waals surface area (Å²) in [5, 5.41) is 0. The quantitative estimate of drug-likeness (QED) is 0.751. The lowest BCUT2D eigenvalue weighted by molar-refractivity contribution is -0.0505. The number of halogens is 3. The largest absolute Gasteiger partial charge is 0.462 e. The second kappa shape index (κ2) is 5.39. The molecule has 0 amide bonds. The molecule has 0 fully saturated rings. The molecule has 1 rings (SSSR count). The van der Waals surface area contributed by atoms with E-state index in [2.05, 4.69) is 9.47 Å². The molecule has 0 heterocycles. The van der Waals surface area contributed by atoms with Crippen molar-refractivity contribution in [1.82, 2.24) is 0 Å². The lowest BCUT2D eigenvalue weighted by atomic mass is 10.2. The SMILES string of the molecule is CCOC(=O)c1cc(F)ccc1OC(F)F. The summed E-state index contributed by atoms with van der Waals surface area (Å²) in [4.78, 5) is 11.3. The molecule has 0 bridgehead atoms. The van der Waals surface area contributed by atoms with Crippen LogP contribution in [-0.2, 0) is 4.74 Å². The molecule has 0 N–H and O–H groups in total. The Morgan fingerprint density at radius 2 is 2.12 bits per heavy atom. The van der Waals surface area contributed by atoms with Gasteiger partial charge in [-0.2, -0.15) is 8.78 Å². The van der Waals surface area contributed by atoms with Crippen LogP contribution in [-0.4, -0.2) is 19.2 Å². The van der Waals surface area contributed by atoms with Crippen molar-refractivity contribution in [3.05, 3.63) is 29.6 Å². The fourth-order valence-corrected chi connectivity index (χ4v) is 1.07. The van der Waals surface area contributed by atoms with Crippen LogP contribution in [0.2, 0.25) is 0 Å². The van der Waals surface area contributed by atoms with Gasteiger partial charge in [0.05, 0.1) is 6.61 Å². The third-order valence-corrected chi connectivity index (χ3v) is 1.65. The summed E-state index contributed by atoms with van der Waals surface area (Å²) in [6, 6.07) is 2.66. The molecule has 0 aromatic heterocycles. The summed E-state index contributed by atoms with van der Waals surface area (Å²) in [5.74, 6) is -2.04. The molecule has 0 saturated carbocycles. The molecule has 1 aromatic carbocycles. The third kappa shape index (κ3) is 3.15. The van der Waals surface area contributed by atoms with E-state index in [4.69, 9.17) is 0 Å². The van der Waals surface area contributed by atoms with Crippen LogP contribution in [0.4, 0.5) is 13.2 Å². The molecule has 6 heteroatoms. The van der Waals surface area contributed by atoms with Crippen molar-refractivity contribution in [2.45, 2.75) is 13.5 Å². The van der Waals surface area contributed by atoms with Gasteiger partial charge in [0, 0.05) is 0 Å². The number of carbonyl (C=O) groups excluding carboxylic acids is 1. The van der Waals surface area contributed by atoms with E-state index in [1.54, 1.807) is 6.92 Å². The lowest BCUT2D eigenvalue weighted by Crippen LogP contribution is -2.10. The molecule has 16 heavy (non-hydrogen) atoms. The van der Waals surface area contributed by atoms with Crippen molar-refractivity contribution < 1.29 is 27.4 Å². The standard InChI is InChI=1S/C10H9F3O3/c1-2-15-9(14)7-5-6(11)3-4-8(7)16-10(12)13/h3-5,10H,2H2,1H3. The average molecular weight is 234 g/mol. The molecule has 0 radical (unpaired) electrons. The van der Waals surface area contributed by atoms with Crippen molar-refractivity contribution in [3.63, 3.8) is 0 Å². The Morgan fingerprint density at radius 1 is 1.44 bits per heavy atom. The monoisotopic (exact) mass is 234 g/mol. The fourth-order valence-electron chi connectivity index (χ4n) is 1.07. The van der Waals surface area contributed by atoms with E-state index in [1.165, 1.54) is 0 Å². The number of carbonyl (C=O) groups is 1. The predicted molar refractivity (Wildman–Crippen MR) is 49.0 cm³/mol. The normalized spacial score (nSPS) is 10.3. The van der Waals surface area contributed by atoms with Crippen LogP contribution in [0, 0.1) is 5.82 Å². The van der Waals surface area contributed by atoms with Crippen LogP contribution >= 0.6 is 0 Å². The van der Waals surface area contributed by atoms with Crippen molar-refractivity contribution in [3.8, 4) is 5.75 Å². The second-order valence-electron chi connectivity index (χ2n) is 2.74. The van der Waals surface area contributed by atoms with Crippen LogP contribution in [0.25, 0.3) is 0 Å².